The number of ether oxygens (including phenoxy) is 1. The zero-order valence-corrected chi connectivity index (χ0v) is 30.4. The molecular weight excluding hydrogens is 673 g/mol. The Bertz CT molecular complexity index is 2060. The number of carbonyl (C=O) groups is 4. The van der Waals surface area contributed by atoms with E-state index < -0.39 is 23.8 Å². The third-order valence-electron chi connectivity index (χ3n) is 8.32. The first-order chi connectivity index (χ1) is 25.2. The van der Waals surface area contributed by atoms with E-state index in [9.17, 15) is 19.2 Å². The Kier molecular flexibility index (Phi) is 12.4. The topological polar surface area (TPSA) is 110 Å². The van der Waals surface area contributed by atoms with Crippen LogP contribution in [-0.2, 0) is 19.1 Å². The third-order valence-corrected chi connectivity index (χ3v) is 9.26. The molecule has 10 heteroatoms. The summed E-state index contributed by atoms with van der Waals surface area (Å²) < 4.78 is 7.08. The van der Waals surface area contributed by atoms with Gasteiger partial charge in [0.2, 0.25) is 5.91 Å². The van der Waals surface area contributed by atoms with Gasteiger partial charge in [-0.25, -0.2) is 4.79 Å². The number of carbonyl (C=O) groups excluding carboxylic acids is 4. The summed E-state index contributed by atoms with van der Waals surface area (Å²) in [7, 11) is 0. The lowest BCUT2D eigenvalue weighted by Crippen LogP contribution is -2.42. The molecule has 9 nitrogen and oxygen atoms in total. The lowest BCUT2D eigenvalue weighted by Gasteiger charge is -2.28. The van der Waals surface area contributed by atoms with Crippen LogP contribution in [0.2, 0.25) is 0 Å². The van der Waals surface area contributed by atoms with Crippen molar-refractivity contribution < 1.29 is 23.9 Å². The molecule has 1 aliphatic rings. The van der Waals surface area contributed by atoms with Crippen molar-refractivity contribution in [2.75, 3.05) is 12.4 Å². The molecule has 0 atom stereocenters. The normalized spacial score (nSPS) is 14.2. The average Bonchev–Trinajstić information content (AvgIpc) is 3.44. The van der Waals surface area contributed by atoms with Crippen molar-refractivity contribution in [3.8, 4) is 5.69 Å². The smallest absolute Gasteiger partial charge is 0.338 e. The van der Waals surface area contributed by atoms with E-state index in [1.54, 1.807) is 56.4 Å². The highest BCUT2D eigenvalue weighted by Gasteiger charge is 2.35. The first-order valence-corrected chi connectivity index (χ1v) is 17.8. The molecule has 0 saturated heterocycles. The second-order valence-electron chi connectivity index (χ2n) is 11.7. The number of nitrogens with zero attached hydrogens (tertiary/aromatic N) is 3. The highest BCUT2D eigenvalue weighted by molar-refractivity contribution is 8.14. The molecule has 3 aromatic carbocycles. The van der Waals surface area contributed by atoms with Crippen molar-refractivity contribution in [2.45, 2.75) is 33.7 Å². The van der Waals surface area contributed by atoms with E-state index in [4.69, 9.17) is 4.74 Å². The van der Waals surface area contributed by atoms with E-state index in [0.717, 1.165) is 40.0 Å². The van der Waals surface area contributed by atoms with Gasteiger partial charge in [0.05, 0.1) is 24.0 Å². The number of thioether (sulfide) groups is 1. The molecule has 0 bridgehead atoms. The zero-order chi connectivity index (χ0) is 37.2. The number of hydrogen-bond donors (Lipinski definition) is 1. The minimum absolute atomic E-state index is 0.0900. The Balaban J connectivity index is 1.43. The molecule has 52 heavy (non-hydrogen) atoms. The van der Waals surface area contributed by atoms with E-state index in [1.807, 2.05) is 97.3 Å². The number of allylic oxidation sites excluding steroid dienone is 4. The van der Waals surface area contributed by atoms with E-state index in [2.05, 4.69) is 16.9 Å². The lowest BCUT2D eigenvalue weighted by molar-refractivity contribution is -0.126. The van der Waals surface area contributed by atoms with Crippen LogP contribution in [0.4, 0.5) is 0 Å². The lowest BCUT2D eigenvalue weighted by atomic mass is 9.99. The van der Waals surface area contributed by atoms with Gasteiger partial charge in [0, 0.05) is 22.8 Å². The number of amides is 3. The van der Waals surface area contributed by atoms with E-state index in [1.165, 1.54) is 4.90 Å². The van der Waals surface area contributed by atoms with Gasteiger partial charge >= 0.3 is 5.97 Å². The fraction of sp³-hybridized carbons (Fsp3) is 0.167. The van der Waals surface area contributed by atoms with Crippen molar-refractivity contribution in [1.82, 2.24) is 14.8 Å². The van der Waals surface area contributed by atoms with Crippen molar-refractivity contribution >= 4 is 46.7 Å². The van der Waals surface area contributed by atoms with Crippen LogP contribution in [0.1, 0.15) is 58.3 Å². The number of aromatic nitrogens is 1. The number of aliphatic imine (C=N–C) groups is 1. The average molecular weight is 713 g/mol. The van der Waals surface area contributed by atoms with E-state index in [0.29, 0.717) is 16.8 Å². The maximum absolute atomic E-state index is 14.2. The van der Waals surface area contributed by atoms with Crippen molar-refractivity contribution in [1.29, 1.82) is 0 Å². The van der Waals surface area contributed by atoms with E-state index >= 15 is 0 Å². The van der Waals surface area contributed by atoms with Crippen LogP contribution < -0.4 is 5.32 Å². The van der Waals surface area contributed by atoms with Crippen LogP contribution in [0.3, 0.4) is 0 Å². The van der Waals surface area contributed by atoms with Gasteiger partial charge in [-0.1, -0.05) is 97.2 Å². The third kappa shape index (κ3) is 8.47. The van der Waals surface area contributed by atoms with Gasteiger partial charge in [-0.2, -0.15) is 4.99 Å². The number of amidine groups is 1. The van der Waals surface area contributed by atoms with Crippen molar-refractivity contribution in [3.63, 3.8) is 0 Å². The molecule has 1 aliphatic heterocycles. The molecule has 1 aromatic heterocycles. The predicted octanol–water partition coefficient (Wildman–Crippen LogP) is 7.66. The quantitative estimate of drug-likeness (QED) is 0.0699. The van der Waals surface area contributed by atoms with Crippen LogP contribution in [0.5, 0.6) is 0 Å². The van der Waals surface area contributed by atoms with Crippen LogP contribution in [-0.4, -0.2) is 50.7 Å². The molecule has 2 heterocycles. The summed E-state index contributed by atoms with van der Waals surface area (Å²) in [5.41, 5.74) is 5.73. The first-order valence-electron chi connectivity index (χ1n) is 16.8. The Morgan fingerprint density at radius 1 is 0.962 bits per heavy atom. The van der Waals surface area contributed by atoms with Gasteiger partial charge in [0.15, 0.2) is 5.17 Å². The summed E-state index contributed by atoms with van der Waals surface area (Å²) in [4.78, 5) is 59.1. The second-order valence-corrected chi connectivity index (χ2v) is 12.7. The zero-order valence-electron chi connectivity index (χ0n) is 29.5. The number of hydrogen-bond acceptors (Lipinski definition) is 6. The molecule has 0 saturated carbocycles. The molecule has 0 aliphatic carbocycles. The van der Waals surface area contributed by atoms with Crippen molar-refractivity contribution in [3.05, 3.63) is 167 Å². The number of aryl methyl sites for hydroxylation is 1. The van der Waals surface area contributed by atoms with Gasteiger partial charge in [0.1, 0.15) is 5.57 Å². The highest BCUT2D eigenvalue weighted by Crippen LogP contribution is 2.29. The molecule has 4 aromatic rings. The summed E-state index contributed by atoms with van der Waals surface area (Å²) in [6.07, 6.45) is 8.24. The van der Waals surface area contributed by atoms with Crippen LogP contribution in [0.25, 0.3) is 11.8 Å². The van der Waals surface area contributed by atoms with Crippen molar-refractivity contribution in [2.24, 2.45) is 4.99 Å². The van der Waals surface area contributed by atoms with Crippen LogP contribution in [0, 0.1) is 13.8 Å². The minimum Gasteiger partial charge on any atom is -0.462 e. The maximum Gasteiger partial charge on any atom is 0.338 e. The fourth-order valence-electron chi connectivity index (χ4n) is 5.84. The first kappa shape index (κ1) is 37.3. The summed E-state index contributed by atoms with van der Waals surface area (Å²) >= 11 is 1.01. The Morgan fingerprint density at radius 3 is 2.17 bits per heavy atom. The molecule has 0 spiro atoms. The summed E-state index contributed by atoms with van der Waals surface area (Å²) in [5.74, 6) is -2.06. The van der Waals surface area contributed by atoms with Gasteiger partial charge in [-0.15, -0.1) is 0 Å². The summed E-state index contributed by atoms with van der Waals surface area (Å²) in [6, 6.07) is 27.8. The Hall–Kier alpha value is -6.00. The highest BCUT2D eigenvalue weighted by atomic mass is 32.2. The Morgan fingerprint density at radius 2 is 1.60 bits per heavy atom. The van der Waals surface area contributed by atoms with Gasteiger partial charge in [-0.05, 0) is 86.9 Å². The molecular formula is C42H40N4O5S. The molecule has 1 N–H and O–H groups in total. The Labute approximate surface area is 308 Å². The number of nitrogens with one attached hydrogen (secondary N) is 1. The van der Waals surface area contributed by atoms with Gasteiger partial charge in [0.25, 0.3) is 11.8 Å². The summed E-state index contributed by atoms with van der Waals surface area (Å²) in [5, 5.41) is 3.20. The largest absolute Gasteiger partial charge is 0.462 e. The fourth-order valence-corrected chi connectivity index (χ4v) is 6.65. The van der Waals surface area contributed by atoms with Gasteiger partial charge < -0.3 is 14.6 Å². The molecule has 0 unspecified atom stereocenters. The van der Waals surface area contributed by atoms with Crippen LogP contribution >= 0.6 is 11.8 Å². The maximum atomic E-state index is 14.2. The SMILES string of the molecule is C=C/C=C\C(=C/C)N1C(=O)/C(=C/c2cc(C)n(-c3ccc(C(=O)OCC)cc3)c2C)C(=O)N=C1SCC(=O)NC(c1ccccc1)c1ccccc1. The molecule has 264 valence electrons. The van der Waals surface area contributed by atoms with Crippen LogP contribution in [0.15, 0.2) is 138 Å². The predicted molar refractivity (Wildman–Crippen MR) is 207 cm³/mol. The number of rotatable bonds is 12. The number of benzene rings is 3. The van der Waals surface area contributed by atoms with Gasteiger partial charge in [-0.3, -0.25) is 19.3 Å². The summed E-state index contributed by atoms with van der Waals surface area (Å²) in [6.45, 7) is 11.4. The minimum atomic E-state index is -0.706. The van der Waals surface area contributed by atoms with E-state index in [-0.39, 0.29) is 29.0 Å². The molecule has 0 fully saturated rings. The molecule has 5 rings (SSSR count). The molecule has 0 radical (unpaired) electrons. The standard InChI is InChI=1S/C42H40N4O5S/c1-6-9-20-34(7-2)46-40(49)36(26-33-25-28(4)45(29(33)5)35-23-21-32(22-24-35)41(50)51-8-3)39(48)44-42(46)52-27-37(47)43-38(30-16-12-10-13-17-30)31-18-14-11-15-19-31/h6-7,9-26,38H,1,8,27H2,2-5H3,(H,43,47)/b20-9-,34-7+,36-26+. The number of esters is 1. The molecule has 3 amide bonds. The monoisotopic (exact) mass is 712 g/mol. The second kappa shape index (κ2) is 17.3.